The van der Waals surface area contributed by atoms with Gasteiger partial charge in [0.1, 0.15) is 5.01 Å². The Morgan fingerprint density at radius 1 is 1.48 bits per heavy atom. The van der Waals surface area contributed by atoms with E-state index in [2.05, 4.69) is 34.0 Å². The minimum absolute atomic E-state index is 0. The number of hydrogen-bond donors (Lipinski definition) is 1. The van der Waals surface area contributed by atoms with E-state index in [1.165, 1.54) is 12.0 Å². The second-order valence-electron chi connectivity index (χ2n) is 5.66. The lowest BCUT2D eigenvalue weighted by Crippen LogP contribution is -2.40. The fourth-order valence-corrected chi connectivity index (χ4v) is 3.57. The molecule has 1 aromatic heterocycles. The first-order valence-corrected chi connectivity index (χ1v) is 8.24. The molecule has 1 fully saturated rings. The van der Waals surface area contributed by atoms with E-state index >= 15 is 0 Å². The summed E-state index contributed by atoms with van der Waals surface area (Å²) in [7, 11) is 3.20. The van der Waals surface area contributed by atoms with E-state index in [9.17, 15) is 4.79 Å². The number of aromatic nitrogens is 1. The Bertz CT molecular complexity index is 556. The highest BCUT2D eigenvalue weighted by atomic mass is 127. The molecule has 23 heavy (non-hydrogen) atoms. The van der Waals surface area contributed by atoms with Crippen LogP contribution < -0.4 is 5.32 Å². The van der Waals surface area contributed by atoms with Crippen molar-refractivity contribution in [2.75, 3.05) is 27.2 Å². The quantitative estimate of drug-likeness (QED) is 0.330. The van der Waals surface area contributed by atoms with Gasteiger partial charge in [0.25, 0.3) is 0 Å². The van der Waals surface area contributed by atoms with Crippen LogP contribution in [0.3, 0.4) is 0 Å². The largest absolute Gasteiger partial charge is 0.469 e. The minimum atomic E-state index is -0.142. The standard InChI is InChI=1S/C15H24N4O2S.HI/c1-9-7-19(8-12(9)14(20)21-5)15(16-4)17-6-13-18-10(2)11(3)22-13;/h9,12H,6-8H2,1-5H3,(H,16,17);1H. The van der Waals surface area contributed by atoms with Gasteiger partial charge in [-0.2, -0.15) is 0 Å². The Morgan fingerprint density at radius 2 is 2.17 bits per heavy atom. The average molecular weight is 452 g/mol. The number of guanidine groups is 1. The molecule has 1 saturated heterocycles. The first-order chi connectivity index (χ1) is 10.5. The van der Waals surface area contributed by atoms with Gasteiger partial charge in [-0.25, -0.2) is 4.98 Å². The first-order valence-electron chi connectivity index (χ1n) is 7.42. The zero-order chi connectivity index (χ0) is 16.3. The van der Waals surface area contributed by atoms with Crippen LogP contribution in [0.5, 0.6) is 0 Å². The van der Waals surface area contributed by atoms with Crippen molar-refractivity contribution in [3.63, 3.8) is 0 Å². The van der Waals surface area contributed by atoms with Crippen molar-refractivity contribution in [3.05, 3.63) is 15.6 Å². The molecule has 6 nitrogen and oxygen atoms in total. The maximum atomic E-state index is 11.8. The third-order valence-electron chi connectivity index (χ3n) is 4.10. The Labute approximate surface area is 158 Å². The van der Waals surface area contributed by atoms with Crippen LogP contribution in [-0.4, -0.2) is 49.1 Å². The number of rotatable bonds is 3. The molecular weight excluding hydrogens is 427 g/mol. The molecule has 1 aliphatic heterocycles. The summed E-state index contributed by atoms with van der Waals surface area (Å²) < 4.78 is 4.88. The van der Waals surface area contributed by atoms with Crippen LogP contribution in [0.4, 0.5) is 0 Å². The van der Waals surface area contributed by atoms with E-state index in [0.717, 1.165) is 23.2 Å². The number of hydrogen-bond acceptors (Lipinski definition) is 5. The van der Waals surface area contributed by atoms with Gasteiger partial charge in [-0.1, -0.05) is 6.92 Å². The summed E-state index contributed by atoms with van der Waals surface area (Å²) in [6, 6.07) is 0. The molecule has 0 amide bonds. The van der Waals surface area contributed by atoms with Gasteiger partial charge in [0, 0.05) is 25.0 Å². The van der Waals surface area contributed by atoms with Gasteiger partial charge in [0.2, 0.25) is 0 Å². The van der Waals surface area contributed by atoms with Crippen molar-refractivity contribution in [2.45, 2.75) is 27.3 Å². The lowest BCUT2D eigenvalue weighted by Gasteiger charge is -2.21. The number of halogens is 1. The molecule has 0 aromatic carbocycles. The second kappa shape index (κ2) is 8.81. The highest BCUT2D eigenvalue weighted by Crippen LogP contribution is 2.24. The number of nitrogens with one attached hydrogen (secondary N) is 1. The third-order valence-corrected chi connectivity index (χ3v) is 5.17. The van der Waals surface area contributed by atoms with E-state index in [-0.39, 0.29) is 41.8 Å². The normalized spacial score (nSPS) is 21.1. The predicted molar refractivity (Wildman–Crippen MR) is 103 cm³/mol. The van der Waals surface area contributed by atoms with Crippen LogP contribution >= 0.6 is 35.3 Å². The fraction of sp³-hybridized carbons (Fsp3) is 0.667. The molecule has 0 bridgehead atoms. The van der Waals surface area contributed by atoms with Crippen molar-refractivity contribution in [1.82, 2.24) is 15.2 Å². The van der Waals surface area contributed by atoms with Crippen molar-refractivity contribution in [2.24, 2.45) is 16.8 Å². The van der Waals surface area contributed by atoms with E-state index in [0.29, 0.717) is 13.1 Å². The van der Waals surface area contributed by atoms with E-state index in [1.807, 2.05) is 6.92 Å². The van der Waals surface area contributed by atoms with Crippen molar-refractivity contribution in [3.8, 4) is 0 Å². The van der Waals surface area contributed by atoms with Crippen LogP contribution in [0.2, 0.25) is 0 Å². The molecule has 0 aliphatic carbocycles. The Kier molecular flexibility index (Phi) is 7.72. The number of methoxy groups -OCH3 is 1. The molecule has 0 saturated carbocycles. The number of ether oxygens (including phenoxy) is 1. The van der Waals surface area contributed by atoms with Gasteiger partial charge in [0.05, 0.1) is 25.3 Å². The van der Waals surface area contributed by atoms with Crippen LogP contribution in [-0.2, 0) is 16.1 Å². The Balaban J connectivity index is 0.00000264. The molecule has 2 heterocycles. The van der Waals surface area contributed by atoms with Crippen LogP contribution in [0.1, 0.15) is 22.5 Å². The molecule has 2 rings (SSSR count). The Hall–Kier alpha value is -0.900. The van der Waals surface area contributed by atoms with Crippen LogP contribution in [0.25, 0.3) is 0 Å². The zero-order valence-corrected chi connectivity index (χ0v) is 17.4. The average Bonchev–Trinajstić information content (AvgIpc) is 3.02. The summed E-state index contributed by atoms with van der Waals surface area (Å²) in [6.07, 6.45) is 0. The second-order valence-corrected chi connectivity index (χ2v) is 6.95. The number of carbonyl (C=O) groups is 1. The maximum Gasteiger partial charge on any atom is 0.310 e. The number of likely N-dealkylation sites (tertiary alicyclic amines) is 1. The number of nitrogens with zero attached hydrogens (tertiary/aromatic N) is 3. The third kappa shape index (κ3) is 4.79. The first kappa shape index (κ1) is 20.1. The van der Waals surface area contributed by atoms with Crippen molar-refractivity contribution < 1.29 is 9.53 Å². The van der Waals surface area contributed by atoms with E-state index in [4.69, 9.17) is 4.74 Å². The van der Waals surface area contributed by atoms with Gasteiger partial charge in [-0.15, -0.1) is 35.3 Å². The van der Waals surface area contributed by atoms with Gasteiger partial charge in [-0.05, 0) is 19.8 Å². The summed E-state index contributed by atoms with van der Waals surface area (Å²) in [5.74, 6) is 0.837. The van der Waals surface area contributed by atoms with E-state index < -0.39 is 0 Å². The van der Waals surface area contributed by atoms with Crippen molar-refractivity contribution in [1.29, 1.82) is 0 Å². The lowest BCUT2D eigenvalue weighted by molar-refractivity contribution is -0.145. The molecule has 2 unspecified atom stereocenters. The number of aliphatic imine (C=N–C) groups is 1. The number of esters is 1. The lowest BCUT2D eigenvalue weighted by atomic mass is 9.99. The number of thiazole rings is 1. The zero-order valence-electron chi connectivity index (χ0n) is 14.3. The van der Waals surface area contributed by atoms with Gasteiger partial charge in [0.15, 0.2) is 5.96 Å². The van der Waals surface area contributed by atoms with Crippen LogP contribution in [0.15, 0.2) is 4.99 Å². The van der Waals surface area contributed by atoms with Crippen molar-refractivity contribution >= 4 is 47.2 Å². The summed E-state index contributed by atoms with van der Waals surface area (Å²) >= 11 is 1.70. The fourth-order valence-electron chi connectivity index (χ4n) is 2.70. The monoisotopic (exact) mass is 452 g/mol. The van der Waals surface area contributed by atoms with Gasteiger partial charge in [-0.3, -0.25) is 9.79 Å². The molecular formula is C15H25IN4O2S. The molecule has 8 heteroatoms. The molecule has 0 radical (unpaired) electrons. The molecule has 1 aliphatic rings. The minimum Gasteiger partial charge on any atom is -0.469 e. The molecule has 1 aromatic rings. The summed E-state index contributed by atoms with van der Waals surface area (Å²) in [6.45, 7) is 8.27. The smallest absolute Gasteiger partial charge is 0.310 e. The molecule has 0 spiro atoms. The SMILES string of the molecule is CN=C(NCc1nc(C)c(C)s1)N1CC(C)C(C(=O)OC)C1.I. The summed E-state index contributed by atoms with van der Waals surface area (Å²) in [4.78, 5) is 24.0. The molecule has 130 valence electrons. The maximum absolute atomic E-state index is 11.8. The highest BCUT2D eigenvalue weighted by Gasteiger charge is 2.36. The number of carbonyl (C=O) groups excluding carboxylic acids is 1. The Morgan fingerprint density at radius 3 is 2.70 bits per heavy atom. The van der Waals surface area contributed by atoms with Crippen LogP contribution in [0, 0.1) is 25.7 Å². The topological polar surface area (TPSA) is 66.8 Å². The van der Waals surface area contributed by atoms with Gasteiger partial charge < -0.3 is 15.0 Å². The highest BCUT2D eigenvalue weighted by molar-refractivity contribution is 14.0. The summed E-state index contributed by atoms with van der Waals surface area (Å²) in [5.41, 5.74) is 1.08. The predicted octanol–water partition coefficient (Wildman–Crippen LogP) is 2.19. The summed E-state index contributed by atoms with van der Waals surface area (Å²) in [5, 5.41) is 4.39. The number of aryl methyl sites for hydroxylation is 2. The molecule has 2 atom stereocenters. The van der Waals surface area contributed by atoms with Gasteiger partial charge >= 0.3 is 5.97 Å². The van der Waals surface area contributed by atoms with E-state index in [1.54, 1.807) is 18.4 Å². The molecule has 1 N–H and O–H groups in total.